The predicted molar refractivity (Wildman–Crippen MR) is 144 cm³/mol. The number of ketones is 1. The molecule has 1 saturated carbocycles. The van der Waals surface area contributed by atoms with Crippen molar-refractivity contribution in [3.63, 3.8) is 0 Å². The van der Waals surface area contributed by atoms with Gasteiger partial charge in [0.2, 0.25) is 0 Å². The van der Waals surface area contributed by atoms with Gasteiger partial charge in [0, 0.05) is 18.9 Å². The lowest BCUT2D eigenvalue weighted by Gasteiger charge is -2.56. The van der Waals surface area contributed by atoms with Crippen LogP contribution in [-0.4, -0.2) is 54.4 Å². The maximum atomic E-state index is 13.6. The predicted octanol–water partition coefficient (Wildman–Crippen LogP) is 4.94. The van der Waals surface area contributed by atoms with Gasteiger partial charge in [-0.3, -0.25) is 14.4 Å². The van der Waals surface area contributed by atoms with Crippen LogP contribution in [0.25, 0.3) is 0 Å². The first-order chi connectivity index (χ1) is 18.4. The van der Waals surface area contributed by atoms with Crippen LogP contribution in [0.4, 0.5) is 0 Å². The van der Waals surface area contributed by atoms with Crippen LogP contribution in [0.2, 0.25) is 0 Å². The van der Waals surface area contributed by atoms with E-state index in [-0.39, 0.29) is 54.5 Å². The zero-order chi connectivity index (χ0) is 28.5. The molecule has 8 atom stereocenters. The lowest BCUT2D eigenvalue weighted by molar-refractivity contribution is -0.217. The monoisotopic (exact) mass is 542 g/mol. The van der Waals surface area contributed by atoms with Crippen LogP contribution in [-0.2, 0) is 33.3 Å². The first-order valence-corrected chi connectivity index (χ1v) is 14.0. The van der Waals surface area contributed by atoms with Crippen LogP contribution < -0.4 is 0 Å². The minimum Gasteiger partial charge on any atom is -0.508 e. The highest BCUT2D eigenvalue weighted by Crippen LogP contribution is 2.54. The largest absolute Gasteiger partial charge is 0.508 e. The molecule has 2 heterocycles. The van der Waals surface area contributed by atoms with Gasteiger partial charge < -0.3 is 24.1 Å². The number of rotatable bonds is 8. The number of ether oxygens (including phenoxy) is 4. The second-order valence-corrected chi connectivity index (χ2v) is 12.2. The average Bonchev–Trinajstić information content (AvgIpc) is 3.28. The number of aromatic hydroxyl groups is 1. The van der Waals surface area contributed by atoms with Gasteiger partial charge in [0.1, 0.15) is 30.0 Å². The molecule has 0 amide bonds. The summed E-state index contributed by atoms with van der Waals surface area (Å²) in [7, 11) is 1.66. The number of hydrogen-bond donors (Lipinski definition) is 1. The highest BCUT2D eigenvalue weighted by molar-refractivity contribution is 6.03. The number of hydrogen-bond acceptors (Lipinski definition) is 8. The lowest BCUT2D eigenvalue weighted by Crippen LogP contribution is -2.65. The van der Waals surface area contributed by atoms with Gasteiger partial charge in [-0.1, -0.05) is 58.9 Å². The molecular weight excluding hydrogens is 500 g/mol. The van der Waals surface area contributed by atoms with Crippen LogP contribution in [0.15, 0.2) is 36.4 Å². The molecule has 2 fully saturated rings. The fourth-order valence-corrected chi connectivity index (χ4v) is 6.69. The van der Waals surface area contributed by atoms with Gasteiger partial charge in [-0.15, -0.1) is 0 Å². The maximum Gasteiger partial charge on any atom is 0.320 e. The number of phenols is 1. The van der Waals surface area contributed by atoms with E-state index in [4.69, 9.17) is 18.9 Å². The molecule has 1 aromatic carbocycles. The summed E-state index contributed by atoms with van der Waals surface area (Å²) in [4.78, 5) is 38.8. The van der Waals surface area contributed by atoms with E-state index in [0.717, 1.165) is 12.0 Å². The lowest BCUT2D eigenvalue weighted by atomic mass is 9.55. The van der Waals surface area contributed by atoms with E-state index in [1.165, 1.54) is 0 Å². The van der Waals surface area contributed by atoms with Crippen LogP contribution in [0.1, 0.15) is 72.0 Å². The third-order valence-electron chi connectivity index (χ3n) is 8.88. The minimum atomic E-state index is -1.17. The van der Waals surface area contributed by atoms with E-state index in [1.807, 2.05) is 32.9 Å². The number of benzene rings is 1. The van der Waals surface area contributed by atoms with Crippen molar-refractivity contribution in [2.24, 2.45) is 29.1 Å². The van der Waals surface area contributed by atoms with Gasteiger partial charge in [-0.25, -0.2) is 0 Å². The number of Topliss-reactive ketones (excluding diaryl/α,β-unsaturated/α-hetero) is 1. The molecule has 8 nitrogen and oxygen atoms in total. The smallest absolute Gasteiger partial charge is 0.320 e. The molecule has 1 saturated heterocycles. The van der Waals surface area contributed by atoms with Crippen LogP contribution in [0, 0.1) is 29.1 Å². The summed E-state index contributed by atoms with van der Waals surface area (Å²) in [5.41, 5.74) is -0.796. The summed E-state index contributed by atoms with van der Waals surface area (Å²) in [6, 6.07) is 7.09. The number of methoxy groups -OCH3 is 1. The van der Waals surface area contributed by atoms with Crippen molar-refractivity contribution in [2.45, 2.75) is 84.2 Å². The summed E-state index contributed by atoms with van der Waals surface area (Å²) in [6.45, 7) is 10.2. The molecule has 1 aliphatic carbocycles. The Labute approximate surface area is 231 Å². The van der Waals surface area contributed by atoms with Crippen molar-refractivity contribution in [2.75, 3.05) is 13.7 Å². The van der Waals surface area contributed by atoms with E-state index in [0.29, 0.717) is 12.8 Å². The Bertz CT molecular complexity index is 1110. The van der Waals surface area contributed by atoms with Crippen molar-refractivity contribution in [3.05, 3.63) is 42.0 Å². The van der Waals surface area contributed by atoms with Gasteiger partial charge in [-0.2, -0.15) is 0 Å². The van der Waals surface area contributed by atoms with E-state index in [1.54, 1.807) is 25.3 Å². The van der Waals surface area contributed by atoms with Gasteiger partial charge >= 0.3 is 11.9 Å². The Morgan fingerprint density at radius 1 is 1.21 bits per heavy atom. The van der Waals surface area contributed by atoms with Crippen LogP contribution in [0.5, 0.6) is 5.75 Å². The Hall–Kier alpha value is -2.71. The first kappa shape index (κ1) is 29.3. The van der Waals surface area contributed by atoms with E-state index in [9.17, 15) is 19.5 Å². The van der Waals surface area contributed by atoms with Gasteiger partial charge in [0.15, 0.2) is 5.78 Å². The second kappa shape index (κ2) is 11.4. The molecule has 214 valence electrons. The van der Waals surface area contributed by atoms with E-state index in [2.05, 4.69) is 19.9 Å². The molecule has 4 rings (SSSR count). The Balaban J connectivity index is 1.57. The molecular formula is C31H42O8. The highest BCUT2D eigenvalue weighted by Gasteiger charge is 2.63. The molecule has 0 aromatic heterocycles. The Kier molecular flexibility index (Phi) is 8.57. The Morgan fingerprint density at radius 3 is 2.59 bits per heavy atom. The zero-order valence-corrected chi connectivity index (χ0v) is 23.8. The molecule has 3 aliphatic rings. The van der Waals surface area contributed by atoms with Crippen LogP contribution >= 0.6 is 0 Å². The minimum absolute atomic E-state index is 0.00464. The summed E-state index contributed by atoms with van der Waals surface area (Å²) in [5, 5.41) is 9.90. The SMILES string of the molecule is CO[C@@H](CC[C@H](C)C1O[C@@]2(C=C[C@@H]1C)[C@H](C(=O)O[C@H]1COC(=O)C1)C(=O)[C@H](C)CC2(C)C)c1cccc(O)c1. The first-order valence-electron chi connectivity index (χ1n) is 14.0. The number of esters is 2. The molecule has 0 radical (unpaired) electrons. The van der Waals surface area contributed by atoms with Gasteiger partial charge in [0.05, 0.1) is 18.6 Å². The summed E-state index contributed by atoms with van der Waals surface area (Å²) >= 11 is 0. The maximum absolute atomic E-state index is 13.6. The average molecular weight is 543 g/mol. The van der Waals surface area contributed by atoms with Crippen molar-refractivity contribution < 1.29 is 38.4 Å². The van der Waals surface area contributed by atoms with Gasteiger partial charge in [0.25, 0.3) is 0 Å². The van der Waals surface area contributed by atoms with Crippen molar-refractivity contribution in [3.8, 4) is 5.75 Å². The quantitative estimate of drug-likeness (QED) is 0.280. The normalized spacial score (nSPS) is 33.5. The van der Waals surface area contributed by atoms with Crippen LogP contribution in [0.3, 0.4) is 0 Å². The van der Waals surface area contributed by atoms with E-state index < -0.39 is 35.0 Å². The standard InChI is InChI=1S/C31H42O8/c1-18(10-11-24(36-6)21-8-7-9-22(32)14-21)28-19(2)12-13-31(39-28)26(27(34)20(3)16-30(31,4)5)29(35)38-23-15-25(33)37-17-23/h7-9,12-14,18-20,23-24,26,28,32H,10-11,15-17H2,1-6H3/t18-,19-,20+,23+,24-,26-,28?,31-/m0/s1. The summed E-state index contributed by atoms with van der Waals surface area (Å²) in [5.74, 6) is -2.39. The molecule has 0 bridgehead atoms. The molecule has 8 heteroatoms. The molecule has 1 unspecified atom stereocenters. The van der Waals surface area contributed by atoms with Gasteiger partial charge in [-0.05, 0) is 48.3 Å². The number of cyclic esters (lactones) is 1. The molecule has 1 spiro atoms. The third-order valence-corrected chi connectivity index (χ3v) is 8.88. The summed E-state index contributed by atoms with van der Waals surface area (Å²) < 4.78 is 23.3. The number of carbonyl (C=O) groups excluding carboxylic acids is 3. The third kappa shape index (κ3) is 5.78. The van der Waals surface area contributed by atoms with Crippen molar-refractivity contribution in [1.82, 2.24) is 0 Å². The topological polar surface area (TPSA) is 108 Å². The number of phenolic OH excluding ortho intramolecular Hbond substituents is 1. The second-order valence-electron chi connectivity index (χ2n) is 12.2. The Morgan fingerprint density at radius 2 is 1.95 bits per heavy atom. The molecule has 39 heavy (non-hydrogen) atoms. The molecule has 1 N–H and O–H groups in total. The van der Waals surface area contributed by atoms with Crippen molar-refractivity contribution in [1.29, 1.82) is 0 Å². The summed E-state index contributed by atoms with van der Waals surface area (Å²) in [6.07, 6.45) is 4.91. The fourth-order valence-electron chi connectivity index (χ4n) is 6.69. The molecule has 2 aliphatic heterocycles. The zero-order valence-electron chi connectivity index (χ0n) is 23.8. The van der Waals surface area contributed by atoms with Crippen molar-refractivity contribution >= 4 is 17.7 Å². The highest BCUT2D eigenvalue weighted by atomic mass is 16.6. The number of carbonyl (C=O) groups is 3. The molecule has 1 aromatic rings. The van der Waals surface area contributed by atoms with E-state index >= 15 is 0 Å². The fraction of sp³-hybridized carbons (Fsp3) is 0.645.